The van der Waals surface area contributed by atoms with Crippen LogP contribution in [0.2, 0.25) is 0 Å². The first kappa shape index (κ1) is 11.5. The third-order valence-electron chi connectivity index (χ3n) is 2.78. The van der Waals surface area contributed by atoms with Crippen LogP contribution in [-0.2, 0) is 6.54 Å². The van der Waals surface area contributed by atoms with Gasteiger partial charge in [-0.1, -0.05) is 0 Å². The van der Waals surface area contributed by atoms with Crippen LogP contribution in [0, 0.1) is 13.8 Å². The molecule has 0 fully saturated rings. The third kappa shape index (κ3) is 2.41. The van der Waals surface area contributed by atoms with Gasteiger partial charge in [0.05, 0.1) is 19.3 Å². The van der Waals surface area contributed by atoms with E-state index in [1.807, 2.05) is 49.2 Å². The van der Waals surface area contributed by atoms with E-state index in [-0.39, 0.29) is 0 Å². The molecule has 0 atom stereocenters. The highest BCUT2D eigenvalue weighted by Crippen LogP contribution is 2.23. The molecule has 0 aliphatic rings. The molecule has 0 amide bonds. The summed E-state index contributed by atoms with van der Waals surface area (Å²) in [6.07, 6.45) is 5.76. The Morgan fingerprint density at radius 2 is 2.00 bits per heavy atom. The molecule has 0 spiro atoms. The second-order valence-corrected chi connectivity index (χ2v) is 3.97. The monoisotopic (exact) mass is 231 g/mol. The molecule has 2 aromatic rings. The third-order valence-corrected chi connectivity index (χ3v) is 2.78. The average molecular weight is 231 g/mol. The SMILES string of the molecule is COc1c(C)cnc(CNn2cccc2)c1C. The highest BCUT2D eigenvalue weighted by Gasteiger charge is 2.08. The Balaban J connectivity index is 2.16. The van der Waals surface area contributed by atoms with Crippen molar-refractivity contribution < 1.29 is 4.74 Å². The Bertz CT molecular complexity index is 492. The summed E-state index contributed by atoms with van der Waals surface area (Å²) in [4.78, 5) is 4.43. The number of ether oxygens (including phenoxy) is 1. The van der Waals surface area contributed by atoms with Gasteiger partial charge in [0.1, 0.15) is 5.75 Å². The molecule has 0 aliphatic heterocycles. The van der Waals surface area contributed by atoms with Gasteiger partial charge in [-0.05, 0) is 26.0 Å². The molecular formula is C13H17N3O. The lowest BCUT2D eigenvalue weighted by Crippen LogP contribution is -2.14. The second-order valence-electron chi connectivity index (χ2n) is 3.97. The molecule has 0 bridgehead atoms. The van der Waals surface area contributed by atoms with Gasteiger partial charge < -0.3 is 10.2 Å². The van der Waals surface area contributed by atoms with Crippen LogP contribution in [0.3, 0.4) is 0 Å². The van der Waals surface area contributed by atoms with Crippen LogP contribution in [0.25, 0.3) is 0 Å². The Hall–Kier alpha value is -1.97. The number of hydrogen-bond acceptors (Lipinski definition) is 3. The van der Waals surface area contributed by atoms with Gasteiger partial charge in [0.2, 0.25) is 0 Å². The zero-order chi connectivity index (χ0) is 12.3. The number of nitrogens with one attached hydrogen (secondary N) is 1. The van der Waals surface area contributed by atoms with Crippen LogP contribution in [0.15, 0.2) is 30.7 Å². The predicted molar refractivity (Wildman–Crippen MR) is 67.8 cm³/mol. The van der Waals surface area contributed by atoms with E-state index in [4.69, 9.17) is 4.74 Å². The molecule has 2 heterocycles. The molecule has 0 unspecified atom stereocenters. The van der Waals surface area contributed by atoms with E-state index in [1.165, 1.54) is 0 Å². The second kappa shape index (κ2) is 4.91. The minimum atomic E-state index is 0.678. The highest BCUT2D eigenvalue weighted by atomic mass is 16.5. The van der Waals surface area contributed by atoms with Crippen LogP contribution >= 0.6 is 0 Å². The predicted octanol–water partition coefficient (Wildman–Crippen LogP) is 2.25. The van der Waals surface area contributed by atoms with E-state index in [2.05, 4.69) is 10.4 Å². The molecule has 1 N–H and O–H groups in total. The van der Waals surface area contributed by atoms with Crippen LogP contribution in [0.4, 0.5) is 0 Å². The summed E-state index contributed by atoms with van der Waals surface area (Å²) in [5, 5.41) is 0. The van der Waals surface area contributed by atoms with Gasteiger partial charge in [-0.15, -0.1) is 0 Å². The minimum absolute atomic E-state index is 0.678. The maximum Gasteiger partial charge on any atom is 0.128 e. The zero-order valence-electron chi connectivity index (χ0n) is 10.4. The van der Waals surface area contributed by atoms with Crippen molar-refractivity contribution in [2.75, 3.05) is 12.5 Å². The largest absolute Gasteiger partial charge is 0.496 e. The first-order valence-corrected chi connectivity index (χ1v) is 5.58. The number of aromatic nitrogens is 2. The molecule has 0 aromatic carbocycles. The maximum atomic E-state index is 5.38. The summed E-state index contributed by atoms with van der Waals surface area (Å²) in [6.45, 7) is 4.71. The number of methoxy groups -OCH3 is 1. The number of hydrogen-bond donors (Lipinski definition) is 1. The zero-order valence-corrected chi connectivity index (χ0v) is 10.4. The van der Waals surface area contributed by atoms with Gasteiger partial charge in [-0.3, -0.25) is 9.66 Å². The van der Waals surface area contributed by atoms with Crippen molar-refractivity contribution in [2.24, 2.45) is 0 Å². The Morgan fingerprint density at radius 3 is 2.65 bits per heavy atom. The van der Waals surface area contributed by atoms with Crippen molar-refractivity contribution in [3.05, 3.63) is 47.5 Å². The molecule has 0 radical (unpaired) electrons. The Kier molecular flexibility index (Phi) is 3.32. The van der Waals surface area contributed by atoms with Gasteiger partial charge in [0.15, 0.2) is 0 Å². The Morgan fingerprint density at radius 1 is 1.29 bits per heavy atom. The molecule has 0 saturated carbocycles. The molecule has 0 aliphatic carbocycles. The van der Waals surface area contributed by atoms with Crippen molar-refractivity contribution in [2.45, 2.75) is 20.4 Å². The fourth-order valence-corrected chi connectivity index (χ4v) is 1.86. The lowest BCUT2D eigenvalue weighted by Gasteiger charge is -2.13. The molecular weight excluding hydrogens is 214 g/mol. The number of nitrogens with zero attached hydrogens (tertiary/aromatic N) is 2. The fraction of sp³-hybridized carbons (Fsp3) is 0.308. The van der Waals surface area contributed by atoms with Crippen LogP contribution in [0.1, 0.15) is 16.8 Å². The Labute approximate surface area is 101 Å². The lowest BCUT2D eigenvalue weighted by molar-refractivity contribution is 0.407. The van der Waals surface area contributed by atoms with Crippen molar-refractivity contribution in [3.8, 4) is 5.75 Å². The van der Waals surface area contributed by atoms with Gasteiger partial charge in [0.25, 0.3) is 0 Å². The molecule has 0 saturated heterocycles. The van der Waals surface area contributed by atoms with Gasteiger partial charge >= 0.3 is 0 Å². The summed E-state index contributed by atoms with van der Waals surface area (Å²) in [7, 11) is 1.69. The van der Waals surface area contributed by atoms with E-state index >= 15 is 0 Å². The summed E-state index contributed by atoms with van der Waals surface area (Å²) in [5.74, 6) is 0.921. The van der Waals surface area contributed by atoms with E-state index < -0.39 is 0 Å². The van der Waals surface area contributed by atoms with Crippen LogP contribution < -0.4 is 10.2 Å². The van der Waals surface area contributed by atoms with Crippen LogP contribution in [-0.4, -0.2) is 16.8 Å². The first-order chi connectivity index (χ1) is 8.22. The van der Waals surface area contributed by atoms with Crippen molar-refractivity contribution in [3.63, 3.8) is 0 Å². The van der Waals surface area contributed by atoms with E-state index in [9.17, 15) is 0 Å². The lowest BCUT2D eigenvalue weighted by atomic mass is 10.1. The maximum absolute atomic E-state index is 5.38. The number of rotatable bonds is 4. The highest BCUT2D eigenvalue weighted by molar-refractivity contribution is 5.41. The van der Waals surface area contributed by atoms with Crippen LogP contribution in [0.5, 0.6) is 5.75 Å². The van der Waals surface area contributed by atoms with E-state index in [1.54, 1.807) is 7.11 Å². The summed E-state index contributed by atoms with van der Waals surface area (Å²) >= 11 is 0. The average Bonchev–Trinajstić information content (AvgIpc) is 2.82. The molecule has 2 rings (SSSR count). The van der Waals surface area contributed by atoms with Gasteiger partial charge in [-0.2, -0.15) is 0 Å². The van der Waals surface area contributed by atoms with Crippen molar-refractivity contribution >= 4 is 0 Å². The van der Waals surface area contributed by atoms with Crippen molar-refractivity contribution in [1.29, 1.82) is 0 Å². The van der Waals surface area contributed by atoms with E-state index in [0.29, 0.717) is 6.54 Å². The molecule has 17 heavy (non-hydrogen) atoms. The first-order valence-electron chi connectivity index (χ1n) is 5.58. The minimum Gasteiger partial charge on any atom is -0.496 e. The quantitative estimate of drug-likeness (QED) is 0.877. The summed E-state index contributed by atoms with van der Waals surface area (Å²) in [5.41, 5.74) is 6.41. The number of pyridine rings is 1. The number of aryl methyl sites for hydroxylation is 1. The molecule has 4 nitrogen and oxygen atoms in total. The topological polar surface area (TPSA) is 39.1 Å². The fourth-order valence-electron chi connectivity index (χ4n) is 1.86. The van der Waals surface area contributed by atoms with Gasteiger partial charge in [-0.25, -0.2) is 0 Å². The molecule has 90 valence electrons. The summed E-state index contributed by atoms with van der Waals surface area (Å²) in [6, 6.07) is 3.95. The smallest absolute Gasteiger partial charge is 0.128 e. The standard InChI is InChI=1S/C13H17N3O/c1-10-8-14-12(11(2)13(10)17-3)9-15-16-6-4-5-7-16/h4-8,15H,9H2,1-3H3. The van der Waals surface area contributed by atoms with Crippen molar-refractivity contribution in [1.82, 2.24) is 9.66 Å². The summed E-state index contributed by atoms with van der Waals surface area (Å²) < 4.78 is 7.29. The normalized spacial score (nSPS) is 10.3. The van der Waals surface area contributed by atoms with Gasteiger partial charge in [0, 0.05) is 29.7 Å². The molecule has 4 heteroatoms. The van der Waals surface area contributed by atoms with E-state index in [0.717, 1.165) is 22.6 Å². The molecule has 2 aromatic heterocycles.